The van der Waals surface area contributed by atoms with Gasteiger partial charge in [-0.25, -0.2) is 0 Å². The molecule has 1 amide bonds. The SMILES string of the molecule is C[C@@H]1CC2=C(CCCC2=O)NC1=O. The minimum Gasteiger partial charge on any atom is -0.329 e. The summed E-state index contributed by atoms with van der Waals surface area (Å²) < 4.78 is 0. The summed E-state index contributed by atoms with van der Waals surface area (Å²) in [7, 11) is 0. The number of hydrogen-bond acceptors (Lipinski definition) is 2. The molecule has 0 saturated heterocycles. The first-order valence-corrected chi connectivity index (χ1v) is 4.74. The van der Waals surface area contributed by atoms with Gasteiger partial charge >= 0.3 is 0 Å². The number of rotatable bonds is 0. The van der Waals surface area contributed by atoms with Crippen molar-refractivity contribution in [1.82, 2.24) is 5.32 Å². The van der Waals surface area contributed by atoms with Crippen molar-refractivity contribution < 1.29 is 9.59 Å². The Bertz CT molecular complexity index is 304. The first-order valence-electron chi connectivity index (χ1n) is 4.74. The summed E-state index contributed by atoms with van der Waals surface area (Å²) >= 11 is 0. The second-order valence-corrected chi connectivity index (χ2v) is 3.83. The van der Waals surface area contributed by atoms with E-state index in [0.717, 1.165) is 24.1 Å². The summed E-state index contributed by atoms with van der Waals surface area (Å²) in [6, 6.07) is 0. The second-order valence-electron chi connectivity index (χ2n) is 3.83. The van der Waals surface area contributed by atoms with Gasteiger partial charge in [-0.15, -0.1) is 0 Å². The second kappa shape index (κ2) is 2.98. The Kier molecular flexibility index (Phi) is 1.94. The summed E-state index contributed by atoms with van der Waals surface area (Å²) in [5, 5.41) is 2.82. The third kappa shape index (κ3) is 1.39. The zero-order valence-corrected chi connectivity index (χ0v) is 7.72. The summed E-state index contributed by atoms with van der Waals surface area (Å²) in [4.78, 5) is 22.8. The number of nitrogens with one attached hydrogen (secondary N) is 1. The quantitative estimate of drug-likeness (QED) is 0.606. The molecule has 0 spiro atoms. The molecule has 1 aliphatic carbocycles. The molecule has 1 aliphatic heterocycles. The van der Waals surface area contributed by atoms with Crippen molar-refractivity contribution in [1.29, 1.82) is 0 Å². The van der Waals surface area contributed by atoms with E-state index in [0.29, 0.717) is 12.8 Å². The number of hydrogen-bond donors (Lipinski definition) is 1. The fraction of sp³-hybridized carbons (Fsp3) is 0.600. The van der Waals surface area contributed by atoms with Gasteiger partial charge in [-0.3, -0.25) is 9.59 Å². The summed E-state index contributed by atoms with van der Waals surface area (Å²) in [5.74, 6) is 0.252. The van der Waals surface area contributed by atoms with Crippen LogP contribution >= 0.6 is 0 Å². The number of carbonyl (C=O) groups is 2. The maximum absolute atomic E-state index is 11.5. The zero-order chi connectivity index (χ0) is 9.42. The van der Waals surface area contributed by atoms with Gasteiger partial charge in [0, 0.05) is 23.6 Å². The molecule has 3 heteroatoms. The van der Waals surface area contributed by atoms with Gasteiger partial charge in [0.25, 0.3) is 0 Å². The average molecular weight is 179 g/mol. The lowest BCUT2D eigenvalue weighted by Gasteiger charge is -2.27. The molecule has 0 saturated carbocycles. The van der Waals surface area contributed by atoms with Crippen LogP contribution in [-0.4, -0.2) is 11.7 Å². The molecule has 1 N–H and O–H groups in total. The molecule has 0 aromatic carbocycles. The van der Waals surface area contributed by atoms with Gasteiger partial charge in [-0.05, 0) is 19.3 Å². The van der Waals surface area contributed by atoms with Crippen LogP contribution in [0.15, 0.2) is 11.3 Å². The van der Waals surface area contributed by atoms with Gasteiger partial charge in [0.2, 0.25) is 5.91 Å². The monoisotopic (exact) mass is 179 g/mol. The summed E-state index contributed by atoms with van der Waals surface area (Å²) in [6.07, 6.45) is 3.04. The van der Waals surface area contributed by atoms with Crippen LogP contribution in [0.4, 0.5) is 0 Å². The third-order valence-corrected chi connectivity index (χ3v) is 2.76. The average Bonchev–Trinajstić information content (AvgIpc) is 2.09. The lowest BCUT2D eigenvalue weighted by atomic mass is 9.85. The number of amides is 1. The molecule has 3 nitrogen and oxygen atoms in total. The predicted molar refractivity (Wildman–Crippen MR) is 47.8 cm³/mol. The Labute approximate surface area is 77.2 Å². The number of carbonyl (C=O) groups excluding carboxylic acids is 2. The first kappa shape index (κ1) is 8.48. The number of allylic oxidation sites excluding steroid dienone is 2. The van der Waals surface area contributed by atoms with Crippen molar-refractivity contribution in [2.75, 3.05) is 0 Å². The molecule has 2 rings (SSSR count). The molecular formula is C10H13NO2. The minimum atomic E-state index is -0.0409. The van der Waals surface area contributed by atoms with E-state index in [4.69, 9.17) is 0 Å². The zero-order valence-electron chi connectivity index (χ0n) is 7.72. The molecule has 0 unspecified atom stereocenters. The molecule has 0 bridgehead atoms. The third-order valence-electron chi connectivity index (χ3n) is 2.76. The summed E-state index contributed by atoms with van der Waals surface area (Å²) in [6.45, 7) is 1.86. The van der Waals surface area contributed by atoms with Gasteiger partial charge in [-0.2, -0.15) is 0 Å². The molecule has 2 aliphatic rings. The molecule has 70 valence electrons. The van der Waals surface area contributed by atoms with Crippen LogP contribution in [0.2, 0.25) is 0 Å². The largest absolute Gasteiger partial charge is 0.329 e. The maximum Gasteiger partial charge on any atom is 0.227 e. The van der Waals surface area contributed by atoms with E-state index in [9.17, 15) is 9.59 Å². The summed E-state index contributed by atoms with van der Waals surface area (Å²) in [5.41, 5.74) is 1.76. The first-order chi connectivity index (χ1) is 6.18. The standard InChI is InChI=1S/C10H13NO2/c1-6-5-7-8(11-10(6)13)3-2-4-9(7)12/h6H,2-5H2,1H3,(H,11,13)/t6-/m1/s1. The van der Waals surface area contributed by atoms with E-state index in [1.54, 1.807) is 0 Å². The van der Waals surface area contributed by atoms with Crippen LogP contribution in [0.5, 0.6) is 0 Å². The maximum atomic E-state index is 11.5. The van der Waals surface area contributed by atoms with Crippen LogP contribution in [0.3, 0.4) is 0 Å². The Morgan fingerprint density at radius 2 is 2.08 bits per heavy atom. The molecule has 13 heavy (non-hydrogen) atoms. The molecule has 0 aromatic rings. The molecule has 0 aromatic heterocycles. The highest BCUT2D eigenvalue weighted by molar-refractivity contribution is 5.99. The Morgan fingerprint density at radius 1 is 1.31 bits per heavy atom. The Morgan fingerprint density at radius 3 is 2.85 bits per heavy atom. The van der Waals surface area contributed by atoms with E-state index in [-0.39, 0.29) is 17.6 Å². The Hall–Kier alpha value is -1.12. The van der Waals surface area contributed by atoms with E-state index in [2.05, 4.69) is 5.32 Å². The van der Waals surface area contributed by atoms with Gasteiger partial charge < -0.3 is 5.32 Å². The van der Waals surface area contributed by atoms with Crippen molar-refractivity contribution in [2.45, 2.75) is 32.6 Å². The molecular weight excluding hydrogens is 166 g/mol. The van der Waals surface area contributed by atoms with Gasteiger partial charge in [0.1, 0.15) is 0 Å². The molecule has 1 atom stereocenters. The number of ketones is 1. The van der Waals surface area contributed by atoms with E-state index < -0.39 is 0 Å². The molecule has 0 radical (unpaired) electrons. The normalized spacial score (nSPS) is 28.5. The van der Waals surface area contributed by atoms with Gasteiger partial charge in [-0.1, -0.05) is 6.92 Å². The van der Waals surface area contributed by atoms with Crippen LogP contribution in [-0.2, 0) is 9.59 Å². The Balaban J connectivity index is 2.31. The van der Waals surface area contributed by atoms with Crippen molar-refractivity contribution in [3.63, 3.8) is 0 Å². The van der Waals surface area contributed by atoms with Crippen LogP contribution in [0, 0.1) is 5.92 Å². The lowest BCUT2D eigenvalue weighted by Crippen LogP contribution is -2.37. The highest BCUT2D eigenvalue weighted by Gasteiger charge is 2.29. The highest BCUT2D eigenvalue weighted by Crippen LogP contribution is 2.28. The minimum absolute atomic E-state index is 0.0409. The van der Waals surface area contributed by atoms with Gasteiger partial charge in [0.05, 0.1) is 0 Å². The highest BCUT2D eigenvalue weighted by atomic mass is 16.2. The van der Waals surface area contributed by atoms with Crippen molar-refractivity contribution in [2.24, 2.45) is 5.92 Å². The van der Waals surface area contributed by atoms with Gasteiger partial charge in [0.15, 0.2) is 5.78 Å². The van der Waals surface area contributed by atoms with E-state index in [1.807, 2.05) is 6.92 Å². The fourth-order valence-electron chi connectivity index (χ4n) is 1.94. The molecule has 0 fully saturated rings. The topological polar surface area (TPSA) is 46.2 Å². The predicted octanol–water partition coefficient (Wildman–Crippen LogP) is 1.15. The fourth-order valence-corrected chi connectivity index (χ4v) is 1.94. The lowest BCUT2D eigenvalue weighted by molar-refractivity contribution is -0.125. The van der Waals surface area contributed by atoms with Crippen molar-refractivity contribution >= 4 is 11.7 Å². The van der Waals surface area contributed by atoms with Crippen molar-refractivity contribution in [3.8, 4) is 0 Å². The van der Waals surface area contributed by atoms with Crippen molar-refractivity contribution in [3.05, 3.63) is 11.3 Å². The van der Waals surface area contributed by atoms with Crippen LogP contribution in [0.1, 0.15) is 32.6 Å². The van der Waals surface area contributed by atoms with Crippen LogP contribution in [0.25, 0.3) is 0 Å². The molecule has 1 heterocycles. The van der Waals surface area contributed by atoms with E-state index in [1.165, 1.54) is 0 Å². The van der Waals surface area contributed by atoms with E-state index >= 15 is 0 Å². The van der Waals surface area contributed by atoms with Crippen LogP contribution < -0.4 is 5.32 Å². The number of Topliss-reactive ketones (excluding diaryl/α,β-unsaturated/α-hetero) is 1. The smallest absolute Gasteiger partial charge is 0.227 e.